The third-order valence-corrected chi connectivity index (χ3v) is 3.23. The summed E-state index contributed by atoms with van der Waals surface area (Å²) in [7, 11) is 0. The third-order valence-electron chi connectivity index (χ3n) is 2.18. The minimum absolute atomic E-state index is 0.0733. The van der Waals surface area contributed by atoms with E-state index in [1.807, 2.05) is 13.8 Å². The molecule has 5 heteroatoms. The Morgan fingerprint density at radius 2 is 2.19 bits per heavy atom. The van der Waals surface area contributed by atoms with Crippen LogP contribution in [0.3, 0.4) is 0 Å². The summed E-state index contributed by atoms with van der Waals surface area (Å²) in [6, 6.07) is 6.92. The number of nitrogens with zero attached hydrogens (tertiary/aromatic N) is 2. The molecular weight excluding hydrogens is 319 g/mol. The lowest BCUT2D eigenvalue weighted by atomic mass is 9.87. The summed E-state index contributed by atoms with van der Waals surface area (Å²) in [4.78, 5) is 10.2. The predicted octanol–water partition coefficient (Wildman–Crippen LogP) is 3.29. The van der Waals surface area contributed by atoms with E-state index in [2.05, 4.69) is 28.7 Å². The van der Waals surface area contributed by atoms with Crippen LogP contribution in [-0.4, -0.2) is 4.92 Å². The molecule has 0 amide bonds. The maximum Gasteiger partial charge on any atom is 0.269 e. The zero-order valence-corrected chi connectivity index (χ0v) is 11.2. The van der Waals surface area contributed by atoms with Gasteiger partial charge in [0.2, 0.25) is 0 Å². The molecule has 0 saturated carbocycles. The summed E-state index contributed by atoms with van der Waals surface area (Å²) in [5.41, 5.74) is 0.417. The summed E-state index contributed by atoms with van der Waals surface area (Å²) >= 11 is 2.12. The maximum absolute atomic E-state index is 10.6. The minimum Gasteiger partial charge on any atom is -0.258 e. The second kappa shape index (κ2) is 4.78. The fraction of sp³-hybridized carbons (Fsp3) is 0.364. The number of nitro benzene ring substituents is 1. The van der Waals surface area contributed by atoms with Crippen molar-refractivity contribution in [2.45, 2.75) is 20.3 Å². The number of hydrogen-bond acceptors (Lipinski definition) is 3. The fourth-order valence-corrected chi connectivity index (χ4v) is 1.85. The Hall–Kier alpha value is -1.16. The smallest absolute Gasteiger partial charge is 0.258 e. The van der Waals surface area contributed by atoms with E-state index in [0.717, 1.165) is 9.13 Å². The average molecular weight is 330 g/mol. The molecule has 1 aromatic carbocycles. The SMILES string of the molecule is CC(C)(C#N)Cc1cc([N+](=O)[O-])ccc1I. The van der Waals surface area contributed by atoms with Crippen LogP contribution in [0.25, 0.3) is 0 Å². The van der Waals surface area contributed by atoms with Crippen LogP contribution < -0.4 is 0 Å². The van der Waals surface area contributed by atoms with E-state index >= 15 is 0 Å². The van der Waals surface area contributed by atoms with Crippen molar-refractivity contribution in [1.29, 1.82) is 5.26 Å². The molecule has 0 atom stereocenters. The standard InChI is InChI=1S/C11H11IN2O2/c1-11(2,7-13)6-8-5-9(14(15)16)3-4-10(8)12/h3-5H,6H2,1-2H3. The lowest BCUT2D eigenvalue weighted by Crippen LogP contribution is -2.12. The van der Waals surface area contributed by atoms with Gasteiger partial charge in [-0.05, 0) is 54.5 Å². The summed E-state index contributed by atoms with van der Waals surface area (Å²) < 4.78 is 0.950. The van der Waals surface area contributed by atoms with Gasteiger partial charge in [0.15, 0.2) is 0 Å². The van der Waals surface area contributed by atoms with E-state index in [1.54, 1.807) is 12.1 Å². The van der Waals surface area contributed by atoms with Gasteiger partial charge in [-0.1, -0.05) is 0 Å². The molecule has 16 heavy (non-hydrogen) atoms. The molecule has 84 valence electrons. The first kappa shape index (κ1) is 12.9. The van der Waals surface area contributed by atoms with Crippen molar-refractivity contribution >= 4 is 28.3 Å². The molecule has 0 heterocycles. The van der Waals surface area contributed by atoms with E-state index in [9.17, 15) is 10.1 Å². The molecule has 0 saturated heterocycles. The number of rotatable bonds is 3. The normalized spacial score (nSPS) is 10.9. The largest absolute Gasteiger partial charge is 0.269 e. The van der Waals surface area contributed by atoms with Crippen LogP contribution >= 0.6 is 22.6 Å². The first-order valence-corrected chi connectivity index (χ1v) is 5.78. The molecule has 0 aliphatic heterocycles. The number of hydrogen-bond donors (Lipinski definition) is 0. The van der Waals surface area contributed by atoms with Gasteiger partial charge < -0.3 is 0 Å². The van der Waals surface area contributed by atoms with Crippen LogP contribution in [0.15, 0.2) is 18.2 Å². The number of nitriles is 1. The topological polar surface area (TPSA) is 66.9 Å². The fourth-order valence-electron chi connectivity index (χ4n) is 1.33. The zero-order chi connectivity index (χ0) is 12.3. The third kappa shape index (κ3) is 3.17. The predicted molar refractivity (Wildman–Crippen MR) is 68.9 cm³/mol. The summed E-state index contributed by atoms with van der Waals surface area (Å²) in [6.07, 6.45) is 0.517. The molecule has 0 spiro atoms. The Kier molecular flexibility index (Phi) is 3.86. The molecule has 0 aliphatic carbocycles. The quantitative estimate of drug-likeness (QED) is 0.485. The van der Waals surface area contributed by atoms with Crippen LogP contribution in [0.5, 0.6) is 0 Å². The van der Waals surface area contributed by atoms with Crippen LogP contribution in [0.2, 0.25) is 0 Å². The Balaban J connectivity index is 3.09. The van der Waals surface area contributed by atoms with Crippen LogP contribution in [-0.2, 0) is 6.42 Å². The number of nitro groups is 1. The van der Waals surface area contributed by atoms with E-state index in [-0.39, 0.29) is 5.69 Å². The first-order valence-electron chi connectivity index (χ1n) is 4.70. The number of non-ortho nitro benzene ring substituents is 1. The van der Waals surface area contributed by atoms with Gasteiger partial charge in [-0.3, -0.25) is 10.1 Å². The highest BCUT2D eigenvalue weighted by Gasteiger charge is 2.20. The Morgan fingerprint density at radius 3 is 2.69 bits per heavy atom. The van der Waals surface area contributed by atoms with Crippen LogP contribution in [0, 0.1) is 30.4 Å². The highest BCUT2D eigenvalue weighted by molar-refractivity contribution is 14.1. The van der Waals surface area contributed by atoms with Crippen molar-refractivity contribution in [1.82, 2.24) is 0 Å². The molecule has 4 nitrogen and oxygen atoms in total. The molecule has 1 rings (SSSR count). The Labute approximate surface area is 108 Å². The van der Waals surface area contributed by atoms with E-state index in [0.29, 0.717) is 6.42 Å². The first-order chi connectivity index (χ1) is 7.35. The van der Waals surface area contributed by atoms with E-state index in [1.165, 1.54) is 6.07 Å². The Morgan fingerprint density at radius 1 is 1.56 bits per heavy atom. The molecule has 0 N–H and O–H groups in total. The molecular formula is C11H11IN2O2. The van der Waals surface area contributed by atoms with Crippen LogP contribution in [0.1, 0.15) is 19.4 Å². The lowest BCUT2D eigenvalue weighted by Gasteiger charge is -2.15. The molecule has 0 bridgehead atoms. The minimum atomic E-state index is -0.505. The van der Waals surface area contributed by atoms with Gasteiger partial charge in [0.25, 0.3) is 5.69 Å². The van der Waals surface area contributed by atoms with Gasteiger partial charge in [0.05, 0.1) is 16.4 Å². The average Bonchev–Trinajstić information content (AvgIpc) is 2.21. The summed E-state index contributed by atoms with van der Waals surface area (Å²) in [5.74, 6) is 0. The summed E-state index contributed by atoms with van der Waals surface area (Å²) in [6.45, 7) is 3.64. The van der Waals surface area contributed by atoms with E-state index < -0.39 is 10.3 Å². The molecule has 0 unspecified atom stereocenters. The second-order valence-corrected chi connectivity index (χ2v) is 5.37. The van der Waals surface area contributed by atoms with Crippen molar-refractivity contribution in [3.63, 3.8) is 0 Å². The molecule has 1 aromatic rings. The highest BCUT2D eigenvalue weighted by atomic mass is 127. The van der Waals surface area contributed by atoms with Crippen molar-refractivity contribution in [2.75, 3.05) is 0 Å². The van der Waals surface area contributed by atoms with Gasteiger partial charge in [0.1, 0.15) is 0 Å². The highest BCUT2D eigenvalue weighted by Crippen LogP contribution is 2.26. The van der Waals surface area contributed by atoms with Crippen molar-refractivity contribution in [3.8, 4) is 6.07 Å². The number of benzene rings is 1. The zero-order valence-electron chi connectivity index (χ0n) is 9.03. The Bertz CT molecular complexity index is 464. The molecule has 0 radical (unpaired) electrons. The van der Waals surface area contributed by atoms with Crippen LogP contribution in [0.4, 0.5) is 5.69 Å². The maximum atomic E-state index is 10.6. The van der Waals surface area contributed by atoms with Gasteiger partial charge in [0, 0.05) is 15.7 Å². The van der Waals surface area contributed by atoms with Crippen molar-refractivity contribution < 1.29 is 4.92 Å². The van der Waals surface area contributed by atoms with Gasteiger partial charge in [-0.2, -0.15) is 5.26 Å². The molecule has 0 aliphatic rings. The van der Waals surface area contributed by atoms with Gasteiger partial charge in [-0.15, -0.1) is 0 Å². The van der Waals surface area contributed by atoms with Gasteiger partial charge in [-0.25, -0.2) is 0 Å². The number of halogens is 1. The van der Waals surface area contributed by atoms with Crippen molar-refractivity contribution in [2.24, 2.45) is 5.41 Å². The van der Waals surface area contributed by atoms with Gasteiger partial charge >= 0.3 is 0 Å². The lowest BCUT2D eigenvalue weighted by molar-refractivity contribution is -0.384. The molecule has 0 fully saturated rings. The monoisotopic (exact) mass is 330 g/mol. The summed E-state index contributed by atoms with van der Waals surface area (Å²) in [5, 5.41) is 19.6. The van der Waals surface area contributed by atoms with Crippen molar-refractivity contribution in [3.05, 3.63) is 37.4 Å². The second-order valence-electron chi connectivity index (χ2n) is 4.21. The van der Waals surface area contributed by atoms with E-state index in [4.69, 9.17) is 5.26 Å². The molecule has 0 aromatic heterocycles.